The fourth-order valence-corrected chi connectivity index (χ4v) is 2.68. The first kappa shape index (κ1) is 15.4. The molecule has 0 atom stereocenters. The van der Waals surface area contributed by atoms with E-state index in [-0.39, 0.29) is 0 Å². The molecule has 0 aliphatic heterocycles. The topological polar surface area (TPSA) is 4.93 Å². The lowest BCUT2D eigenvalue weighted by Crippen LogP contribution is -1.99. The maximum atomic E-state index is 2.36. The van der Waals surface area contributed by atoms with E-state index in [9.17, 15) is 0 Å². The Morgan fingerprint density at radius 3 is 2.33 bits per heavy atom. The molecule has 1 heteroatoms. The van der Waals surface area contributed by atoms with Gasteiger partial charge < -0.3 is 4.57 Å². The van der Waals surface area contributed by atoms with Crippen LogP contribution in [-0.2, 0) is 19.4 Å². The molecular weight excluding hydrogens is 254 g/mol. The van der Waals surface area contributed by atoms with E-state index in [0.717, 1.165) is 19.4 Å². The summed E-state index contributed by atoms with van der Waals surface area (Å²) < 4.78 is 2.36. The maximum Gasteiger partial charge on any atom is 0.0483 e. The van der Waals surface area contributed by atoms with E-state index in [1.54, 1.807) is 0 Å². The average Bonchev–Trinajstić information content (AvgIpc) is 2.99. The predicted molar refractivity (Wildman–Crippen MR) is 92.8 cm³/mol. The highest BCUT2D eigenvalue weighted by Gasteiger charge is 2.04. The molecule has 2 aromatic carbocycles. The van der Waals surface area contributed by atoms with Crippen molar-refractivity contribution >= 4 is 10.9 Å². The molecular formula is C20H25N. The molecule has 3 rings (SSSR count). The number of fused-ring (bicyclic) bond motifs is 1. The van der Waals surface area contributed by atoms with Crippen LogP contribution in [0.2, 0.25) is 0 Å². The van der Waals surface area contributed by atoms with Gasteiger partial charge in [0.2, 0.25) is 0 Å². The highest BCUT2D eigenvalue weighted by Crippen LogP contribution is 2.21. The quantitative estimate of drug-likeness (QED) is 0.596. The van der Waals surface area contributed by atoms with Crippen LogP contribution in [0.5, 0.6) is 0 Å². The first-order chi connectivity index (χ1) is 10.4. The predicted octanol–water partition coefficient (Wildman–Crippen LogP) is 5.47. The molecule has 0 unspecified atom stereocenters. The summed E-state index contributed by atoms with van der Waals surface area (Å²) in [5.74, 6) is 0. The van der Waals surface area contributed by atoms with E-state index in [1.165, 1.54) is 22.0 Å². The molecule has 0 radical (unpaired) electrons. The van der Waals surface area contributed by atoms with Gasteiger partial charge in [-0.1, -0.05) is 63.2 Å². The van der Waals surface area contributed by atoms with E-state index in [0.29, 0.717) is 0 Å². The van der Waals surface area contributed by atoms with Crippen LogP contribution in [0.1, 0.15) is 31.9 Å². The highest BCUT2D eigenvalue weighted by molar-refractivity contribution is 5.83. The normalized spacial score (nSPS) is 10.2. The molecule has 110 valence electrons. The van der Waals surface area contributed by atoms with Crippen LogP contribution in [0.25, 0.3) is 10.9 Å². The minimum atomic E-state index is 1.04. The Hall–Kier alpha value is -2.02. The molecule has 0 spiro atoms. The van der Waals surface area contributed by atoms with Crippen molar-refractivity contribution in [2.24, 2.45) is 0 Å². The first-order valence-electron chi connectivity index (χ1n) is 7.99. The van der Waals surface area contributed by atoms with Gasteiger partial charge in [-0.25, -0.2) is 0 Å². The zero-order valence-corrected chi connectivity index (χ0v) is 13.3. The summed E-state index contributed by atoms with van der Waals surface area (Å²) in [5.41, 5.74) is 4.20. The Labute approximate surface area is 128 Å². The van der Waals surface area contributed by atoms with Crippen LogP contribution < -0.4 is 0 Å². The van der Waals surface area contributed by atoms with E-state index in [2.05, 4.69) is 72.3 Å². The molecule has 3 aromatic rings. The molecule has 0 saturated heterocycles. The smallest absolute Gasteiger partial charge is 0.0483 e. The van der Waals surface area contributed by atoms with Crippen molar-refractivity contribution in [2.75, 3.05) is 0 Å². The molecule has 0 aliphatic rings. The van der Waals surface area contributed by atoms with Gasteiger partial charge in [-0.3, -0.25) is 0 Å². The van der Waals surface area contributed by atoms with Crippen LogP contribution in [0, 0.1) is 0 Å². The fraction of sp³-hybridized carbons (Fsp3) is 0.300. The summed E-state index contributed by atoms with van der Waals surface area (Å²) >= 11 is 0. The Morgan fingerprint density at radius 1 is 0.857 bits per heavy atom. The van der Waals surface area contributed by atoms with Crippen LogP contribution in [-0.4, -0.2) is 4.57 Å². The van der Waals surface area contributed by atoms with Crippen molar-refractivity contribution in [1.29, 1.82) is 0 Å². The number of nitrogens with zero attached hydrogens (tertiary/aromatic N) is 1. The van der Waals surface area contributed by atoms with Gasteiger partial charge in [0.1, 0.15) is 0 Å². The van der Waals surface area contributed by atoms with Gasteiger partial charge in [-0.2, -0.15) is 0 Å². The van der Waals surface area contributed by atoms with Gasteiger partial charge in [0, 0.05) is 23.6 Å². The van der Waals surface area contributed by atoms with E-state index in [4.69, 9.17) is 0 Å². The molecule has 0 amide bonds. The van der Waals surface area contributed by atoms with Crippen molar-refractivity contribution in [2.45, 2.75) is 40.2 Å². The molecule has 1 heterocycles. The number of hydrogen-bond acceptors (Lipinski definition) is 0. The van der Waals surface area contributed by atoms with Gasteiger partial charge in [0.15, 0.2) is 0 Å². The monoisotopic (exact) mass is 279 g/mol. The number of aryl methyl sites for hydroxylation is 3. The first-order valence-corrected chi connectivity index (χ1v) is 7.99. The van der Waals surface area contributed by atoms with Gasteiger partial charge in [0.05, 0.1) is 0 Å². The SMILES string of the molecule is CC.CCc1cccc2c1ccn2CCc1ccccc1. The fourth-order valence-electron chi connectivity index (χ4n) is 2.68. The standard InChI is InChI=1S/C18H19N.C2H6/c1-2-16-9-6-10-18-17(16)12-14-19(18)13-11-15-7-4-3-5-8-15;1-2/h3-10,12,14H,2,11,13H2,1H3;1-2H3. The van der Waals surface area contributed by atoms with E-state index < -0.39 is 0 Å². The van der Waals surface area contributed by atoms with E-state index >= 15 is 0 Å². The summed E-state index contributed by atoms with van der Waals surface area (Å²) in [5, 5.41) is 1.40. The van der Waals surface area contributed by atoms with Crippen molar-refractivity contribution in [3.8, 4) is 0 Å². The Morgan fingerprint density at radius 2 is 1.62 bits per heavy atom. The second kappa shape index (κ2) is 7.68. The van der Waals surface area contributed by atoms with Crippen molar-refractivity contribution < 1.29 is 0 Å². The number of rotatable bonds is 4. The van der Waals surface area contributed by atoms with Crippen LogP contribution in [0.4, 0.5) is 0 Å². The van der Waals surface area contributed by atoms with Crippen molar-refractivity contribution in [3.05, 3.63) is 71.9 Å². The lowest BCUT2D eigenvalue weighted by atomic mass is 10.1. The summed E-state index contributed by atoms with van der Waals surface area (Å²) in [6.07, 6.45) is 4.40. The van der Waals surface area contributed by atoms with Gasteiger partial charge in [-0.15, -0.1) is 0 Å². The van der Waals surface area contributed by atoms with Gasteiger partial charge in [-0.05, 0) is 36.1 Å². The molecule has 1 aromatic heterocycles. The molecule has 21 heavy (non-hydrogen) atoms. The lowest BCUT2D eigenvalue weighted by Gasteiger charge is -2.07. The van der Waals surface area contributed by atoms with Gasteiger partial charge >= 0.3 is 0 Å². The second-order valence-electron chi connectivity index (χ2n) is 4.95. The van der Waals surface area contributed by atoms with Crippen LogP contribution in [0.3, 0.4) is 0 Å². The Kier molecular flexibility index (Phi) is 5.62. The number of aromatic nitrogens is 1. The maximum absolute atomic E-state index is 2.36. The largest absolute Gasteiger partial charge is 0.347 e. The Balaban J connectivity index is 0.000000774. The van der Waals surface area contributed by atoms with Gasteiger partial charge in [0.25, 0.3) is 0 Å². The van der Waals surface area contributed by atoms with Crippen molar-refractivity contribution in [3.63, 3.8) is 0 Å². The summed E-state index contributed by atoms with van der Waals surface area (Å²) in [6, 6.07) is 19.5. The average molecular weight is 279 g/mol. The third-order valence-corrected chi connectivity index (χ3v) is 3.77. The van der Waals surface area contributed by atoms with E-state index in [1.807, 2.05) is 13.8 Å². The summed E-state index contributed by atoms with van der Waals surface area (Å²) in [4.78, 5) is 0. The second-order valence-corrected chi connectivity index (χ2v) is 4.95. The molecule has 0 saturated carbocycles. The molecule has 0 bridgehead atoms. The summed E-state index contributed by atoms with van der Waals surface area (Å²) in [7, 11) is 0. The number of hydrogen-bond donors (Lipinski definition) is 0. The third kappa shape index (κ3) is 3.55. The number of benzene rings is 2. The van der Waals surface area contributed by atoms with Crippen LogP contribution in [0.15, 0.2) is 60.8 Å². The third-order valence-electron chi connectivity index (χ3n) is 3.77. The zero-order chi connectivity index (χ0) is 15.1. The minimum absolute atomic E-state index is 1.04. The molecule has 1 nitrogen and oxygen atoms in total. The molecule has 0 aliphatic carbocycles. The highest BCUT2D eigenvalue weighted by atomic mass is 14.9. The zero-order valence-electron chi connectivity index (χ0n) is 13.3. The minimum Gasteiger partial charge on any atom is -0.347 e. The Bertz CT molecular complexity index is 665. The van der Waals surface area contributed by atoms with Crippen LogP contribution >= 0.6 is 0 Å². The molecule has 0 N–H and O–H groups in total. The lowest BCUT2D eigenvalue weighted by molar-refractivity contribution is 0.723. The summed E-state index contributed by atoms with van der Waals surface area (Å²) in [6.45, 7) is 7.26. The van der Waals surface area contributed by atoms with Crippen molar-refractivity contribution in [1.82, 2.24) is 4.57 Å². The molecule has 0 fully saturated rings.